The van der Waals surface area contributed by atoms with Gasteiger partial charge < -0.3 is 14.8 Å². The molecule has 184 valence electrons. The molecule has 0 aromatic heterocycles. The zero-order valence-corrected chi connectivity index (χ0v) is 19.1. The molecule has 0 bridgehead atoms. The maximum atomic E-state index is 14.4. The van der Waals surface area contributed by atoms with Crippen molar-refractivity contribution >= 4 is 33.2 Å². The Morgan fingerprint density at radius 1 is 1.06 bits per heavy atom. The Morgan fingerprint density at radius 2 is 1.71 bits per heavy atom. The minimum atomic E-state index is -4.84. The Labute approximate surface area is 197 Å². The summed E-state index contributed by atoms with van der Waals surface area (Å²) in [6.07, 6.45) is -4.23. The van der Waals surface area contributed by atoms with Gasteiger partial charge in [0.15, 0.2) is 5.79 Å². The first kappa shape index (κ1) is 24.9. The second kappa shape index (κ2) is 9.08. The number of nitrogens with zero attached hydrogens (tertiary/aromatic N) is 1. The van der Waals surface area contributed by atoms with Crippen LogP contribution in [-0.4, -0.2) is 50.7 Å². The van der Waals surface area contributed by atoms with Crippen LogP contribution in [0.3, 0.4) is 0 Å². The molecular formula is C21H19ClF4N2O5S. The maximum Gasteiger partial charge on any atom is 0.418 e. The number of alkyl halides is 3. The number of piperidine rings is 1. The third-order valence-corrected chi connectivity index (χ3v) is 7.78. The monoisotopic (exact) mass is 522 g/mol. The van der Waals surface area contributed by atoms with E-state index < -0.39 is 50.5 Å². The van der Waals surface area contributed by atoms with Gasteiger partial charge in [-0.2, -0.15) is 17.5 Å². The number of carbonyl (C=O) groups excluding carboxylic acids is 1. The smallest absolute Gasteiger partial charge is 0.347 e. The Morgan fingerprint density at radius 3 is 2.32 bits per heavy atom. The van der Waals surface area contributed by atoms with Gasteiger partial charge in [0.2, 0.25) is 10.0 Å². The molecular weight excluding hydrogens is 504 g/mol. The lowest BCUT2D eigenvalue weighted by atomic mass is 10.1. The van der Waals surface area contributed by atoms with Gasteiger partial charge in [-0.25, -0.2) is 12.8 Å². The van der Waals surface area contributed by atoms with Crippen molar-refractivity contribution in [2.45, 2.75) is 29.7 Å². The van der Waals surface area contributed by atoms with Crippen molar-refractivity contribution in [1.82, 2.24) is 4.31 Å². The molecule has 13 heteroatoms. The number of amides is 1. The summed E-state index contributed by atoms with van der Waals surface area (Å²) in [6, 6.07) is 5.26. The highest BCUT2D eigenvalue weighted by atomic mass is 35.5. The van der Waals surface area contributed by atoms with E-state index >= 15 is 0 Å². The molecule has 2 fully saturated rings. The van der Waals surface area contributed by atoms with E-state index in [0.717, 1.165) is 30.3 Å². The van der Waals surface area contributed by atoms with Crippen LogP contribution in [0.5, 0.6) is 0 Å². The number of anilines is 1. The van der Waals surface area contributed by atoms with Gasteiger partial charge in [0.25, 0.3) is 5.91 Å². The Bertz CT molecular complexity index is 1210. The first-order chi connectivity index (χ1) is 15.9. The second-order valence-electron chi connectivity index (χ2n) is 7.80. The molecule has 4 rings (SSSR count). The molecule has 0 radical (unpaired) electrons. The van der Waals surface area contributed by atoms with Crippen LogP contribution in [0.4, 0.5) is 23.2 Å². The highest BCUT2D eigenvalue weighted by Gasteiger charge is 2.43. The van der Waals surface area contributed by atoms with Gasteiger partial charge in [-0.1, -0.05) is 11.6 Å². The highest BCUT2D eigenvalue weighted by molar-refractivity contribution is 7.89. The molecule has 2 aliphatic rings. The van der Waals surface area contributed by atoms with Gasteiger partial charge >= 0.3 is 6.18 Å². The van der Waals surface area contributed by atoms with Crippen LogP contribution < -0.4 is 5.32 Å². The molecule has 2 aliphatic heterocycles. The van der Waals surface area contributed by atoms with Crippen molar-refractivity contribution in [2.75, 3.05) is 31.6 Å². The number of ether oxygens (including phenoxy) is 2. The fraction of sp³-hybridized carbons (Fsp3) is 0.381. The van der Waals surface area contributed by atoms with Crippen molar-refractivity contribution in [3.05, 3.63) is 58.4 Å². The molecule has 7 nitrogen and oxygen atoms in total. The molecule has 0 unspecified atom stereocenters. The number of benzene rings is 2. The average molecular weight is 523 g/mol. The lowest BCUT2D eigenvalue weighted by Crippen LogP contribution is -2.47. The molecule has 2 heterocycles. The summed E-state index contributed by atoms with van der Waals surface area (Å²) in [7, 11) is -4.11. The minimum Gasteiger partial charge on any atom is -0.347 e. The van der Waals surface area contributed by atoms with Gasteiger partial charge in [-0.05, 0) is 36.4 Å². The largest absolute Gasteiger partial charge is 0.418 e. The molecule has 1 amide bonds. The predicted molar refractivity (Wildman–Crippen MR) is 113 cm³/mol. The molecule has 34 heavy (non-hydrogen) atoms. The first-order valence-corrected chi connectivity index (χ1v) is 12.0. The summed E-state index contributed by atoms with van der Waals surface area (Å²) in [5.41, 5.74) is -2.59. The van der Waals surface area contributed by atoms with Crippen LogP contribution in [0, 0.1) is 5.82 Å². The van der Waals surface area contributed by atoms with Crippen molar-refractivity contribution < 1.29 is 40.2 Å². The third-order valence-electron chi connectivity index (χ3n) is 5.65. The SMILES string of the molecule is O=C(Nc1ccc(Cl)cc1C(F)(F)F)c1cc(S(=O)(=O)N2CCC3(CC2)OCCO3)ccc1F. The van der Waals surface area contributed by atoms with E-state index in [-0.39, 0.29) is 23.0 Å². The number of hydrogen-bond donors (Lipinski definition) is 1. The van der Waals surface area contributed by atoms with Crippen LogP contribution in [0.15, 0.2) is 41.3 Å². The summed E-state index contributed by atoms with van der Waals surface area (Å²) in [6.45, 7) is 1.02. The number of carbonyl (C=O) groups is 1. The number of nitrogens with one attached hydrogen (secondary N) is 1. The average Bonchev–Trinajstić information content (AvgIpc) is 3.22. The topological polar surface area (TPSA) is 84.9 Å². The van der Waals surface area contributed by atoms with Crippen molar-refractivity contribution in [3.63, 3.8) is 0 Å². The van der Waals surface area contributed by atoms with E-state index in [2.05, 4.69) is 0 Å². The van der Waals surface area contributed by atoms with Crippen molar-refractivity contribution in [2.24, 2.45) is 0 Å². The van der Waals surface area contributed by atoms with E-state index in [1.165, 1.54) is 4.31 Å². The molecule has 0 saturated carbocycles. The summed E-state index contributed by atoms with van der Waals surface area (Å²) >= 11 is 5.63. The van der Waals surface area contributed by atoms with Crippen molar-refractivity contribution in [1.29, 1.82) is 0 Å². The summed E-state index contributed by atoms with van der Waals surface area (Å²) in [4.78, 5) is 12.3. The fourth-order valence-corrected chi connectivity index (χ4v) is 5.53. The third kappa shape index (κ3) is 4.91. The molecule has 2 saturated heterocycles. The van der Waals surface area contributed by atoms with Gasteiger partial charge in [0.05, 0.1) is 34.9 Å². The minimum absolute atomic E-state index is 0.0843. The summed E-state index contributed by atoms with van der Waals surface area (Å²) < 4.78 is 92.8. The predicted octanol–water partition coefficient (Wildman–Crippen LogP) is 4.28. The van der Waals surface area contributed by atoms with Crippen LogP contribution in [0.1, 0.15) is 28.8 Å². The first-order valence-electron chi connectivity index (χ1n) is 10.2. The van der Waals surface area contributed by atoms with Gasteiger partial charge in [0, 0.05) is 31.0 Å². The number of hydrogen-bond acceptors (Lipinski definition) is 5. The van der Waals surface area contributed by atoms with Crippen LogP contribution >= 0.6 is 11.6 Å². The molecule has 1 N–H and O–H groups in total. The summed E-state index contributed by atoms with van der Waals surface area (Å²) in [5, 5.41) is 1.79. The van der Waals surface area contributed by atoms with Crippen LogP contribution in [0.2, 0.25) is 5.02 Å². The lowest BCUT2D eigenvalue weighted by Gasteiger charge is -2.36. The Hall–Kier alpha value is -2.25. The molecule has 2 aromatic carbocycles. The molecule has 2 aromatic rings. The van der Waals surface area contributed by atoms with Gasteiger partial charge in [-0.15, -0.1) is 0 Å². The highest BCUT2D eigenvalue weighted by Crippen LogP contribution is 2.37. The van der Waals surface area contributed by atoms with Crippen LogP contribution in [-0.2, 0) is 25.7 Å². The Kier molecular flexibility index (Phi) is 6.64. The van der Waals surface area contributed by atoms with E-state index in [1.54, 1.807) is 0 Å². The molecule has 0 atom stereocenters. The van der Waals surface area contributed by atoms with E-state index in [1.807, 2.05) is 5.32 Å². The molecule has 0 aliphatic carbocycles. The maximum absolute atomic E-state index is 14.4. The van der Waals surface area contributed by atoms with Gasteiger partial charge in [0.1, 0.15) is 5.82 Å². The second-order valence-corrected chi connectivity index (χ2v) is 10.2. The number of halogens is 5. The zero-order valence-electron chi connectivity index (χ0n) is 17.5. The van der Waals surface area contributed by atoms with Gasteiger partial charge in [-0.3, -0.25) is 4.79 Å². The number of sulfonamides is 1. The number of rotatable bonds is 4. The fourth-order valence-electron chi connectivity index (χ4n) is 3.89. The van der Waals surface area contributed by atoms with E-state index in [9.17, 15) is 30.8 Å². The lowest BCUT2D eigenvalue weighted by molar-refractivity contribution is -0.179. The normalized spacial score (nSPS) is 18.9. The summed E-state index contributed by atoms with van der Waals surface area (Å²) in [5.74, 6) is -3.15. The van der Waals surface area contributed by atoms with E-state index in [4.69, 9.17) is 21.1 Å². The van der Waals surface area contributed by atoms with Crippen LogP contribution in [0.25, 0.3) is 0 Å². The quantitative estimate of drug-likeness (QED) is 0.606. The zero-order chi connectivity index (χ0) is 24.7. The standard InChI is InChI=1S/C21H19ClF4N2O5S/c22-13-1-4-18(16(11-13)21(24,25)26)27-19(29)15-12-14(2-3-17(15)23)34(30,31)28-7-5-20(6-8-28)32-9-10-33-20/h1-4,11-12H,5-10H2,(H,27,29). The molecule has 1 spiro atoms. The van der Waals surface area contributed by atoms with Crippen molar-refractivity contribution in [3.8, 4) is 0 Å². The van der Waals surface area contributed by atoms with E-state index in [0.29, 0.717) is 32.1 Å². The Balaban J connectivity index is 1.57.